The Morgan fingerprint density at radius 2 is 2.29 bits per heavy atom. The van der Waals surface area contributed by atoms with Gasteiger partial charge in [0.25, 0.3) is 0 Å². The first-order valence-corrected chi connectivity index (χ1v) is 4.32. The number of hydrogen-bond acceptors (Lipinski definition) is 4. The molecule has 1 aromatic heterocycles. The smallest absolute Gasteiger partial charge is 0.197 e. The fraction of sp³-hybridized carbons (Fsp3) is 0.333. The highest BCUT2D eigenvalue weighted by Crippen LogP contribution is 2.03. The molecule has 0 saturated heterocycles. The SMILES string of the molecule is Cc1ccc(NC2=NCCN2)nc1.Cl. The standard InChI is InChI=1S/C9H12N4.ClH/c1-7-2-3-8(12-6-7)13-9-10-4-5-11-9;/h2-3,6H,4-5H2,1H3,(H2,10,11,12,13);1H. The van der Waals surface area contributed by atoms with Gasteiger partial charge in [-0.3, -0.25) is 4.99 Å². The molecule has 1 aromatic rings. The molecule has 4 nitrogen and oxygen atoms in total. The van der Waals surface area contributed by atoms with Crippen molar-refractivity contribution in [3.8, 4) is 0 Å². The molecule has 0 bridgehead atoms. The Balaban J connectivity index is 0.000000980. The summed E-state index contributed by atoms with van der Waals surface area (Å²) in [6.07, 6.45) is 1.83. The number of nitrogens with one attached hydrogen (secondary N) is 2. The van der Waals surface area contributed by atoms with Crippen LogP contribution in [0, 0.1) is 6.92 Å². The molecule has 14 heavy (non-hydrogen) atoms. The molecule has 2 rings (SSSR count). The Labute approximate surface area is 89.3 Å². The lowest BCUT2D eigenvalue weighted by Gasteiger charge is -2.04. The molecule has 5 heteroatoms. The number of aromatic nitrogens is 1. The number of guanidine groups is 1. The molecule has 0 amide bonds. The molecular weight excluding hydrogens is 200 g/mol. The zero-order chi connectivity index (χ0) is 9.10. The van der Waals surface area contributed by atoms with Gasteiger partial charge in [0, 0.05) is 12.7 Å². The van der Waals surface area contributed by atoms with Gasteiger partial charge in [0.05, 0.1) is 6.54 Å². The number of anilines is 1. The van der Waals surface area contributed by atoms with Crippen molar-refractivity contribution in [1.82, 2.24) is 10.3 Å². The van der Waals surface area contributed by atoms with E-state index >= 15 is 0 Å². The van der Waals surface area contributed by atoms with E-state index < -0.39 is 0 Å². The highest BCUT2D eigenvalue weighted by molar-refractivity contribution is 5.93. The van der Waals surface area contributed by atoms with E-state index in [2.05, 4.69) is 20.6 Å². The Kier molecular flexibility index (Phi) is 3.71. The third kappa shape index (κ3) is 2.60. The number of nitrogens with zero attached hydrogens (tertiary/aromatic N) is 2. The van der Waals surface area contributed by atoms with Crippen LogP contribution in [0.3, 0.4) is 0 Å². The second kappa shape index (κ2) is 4.81. The van der Waals surface area contributed by atoms with Crippen LogP contribution in [0.15, 0.2) is 23.3 Å². The van der Waals surface area contributed by atoms with Crippen LogP contribution >= 0.6 is 12.4 Å². The second-order valence-corrected chi connectivity index (χ2v) is 3.00. The highest BCUT2D eigenvalue weighted by atomic mass is 35.5. The zero-order valence-electron chi connectivity index (χ0n) is 7.95. The van der Waals surface area contributed by atoms with Gasteiger partial charge in [0.15, 0.2) is 5.96 Å². The van der Waals surface area contributed by atoms with Gasteiger partial charge in [-0.1, -0.05) is 6.07 Å². The lowest BCUT2D eigenvalue weighted by Crippen LogP contribution is -2.26. The fourth-order valence-corrected chi connectivity index (χ4v) is 1.14. The summed E-state index contributed by atoms with van der Waals surface area (Å²) in [6.45, 7) is 3.77. The van der Waals surface area contributed by atoms with Crippen molar-refractivity contribution in [3.05, 3.63) is 23.9 Å². The first-order valence-electron chi connectivity index (χ1n) is 4.32. The van der Waals surface area contributed by atoms with Crippen molar-refractivity contribution in [2.45, 2.75) is 6.92 Å². The summed E-state index contributed by atoms with van der Waals surface area (Å²) < 4.78 is 0. The molecule has 0 spiro atoms. The second-order valence-electron chi connectivity index (χ2n) is 3.00. The average Bonchev–Trinajstić information content (AvgIpc) is 2.62. The van der Waals surface area contributed by atoms with E-state index in [-0.39, 0.29) is 12.4 Å². The minimum atomic E-state index is 0. The van der Waals surface area contributed by atoms with Crippen molar-refractivity contribution >= 4 is 24.2 Å². The summed E-state index contributed by atoms with van der Waals surface area (Å²) in [5, 5.41) is 6.21. The van der Waals surface area contributed by atoms with Crippen molar-refractivity contribution in [3.63, 3.8) is 0 Å². The summed E-state index contributed by atoms with van der Waals surface area (Å²) in [5.74, 6) is 1.65. The van der Waals surface area contributed by atoms with Gasteiger partial charge in [-0.25, -0.2) is 4.98 Å². The topological polar surface area (TPSA) is 49.3 Å². The van der Waals surface area contributed by atoms with Crippen LogP contribution < -0.4 is 10.6 Å². The number of aliphatic imine (C=N–C) groups is 1. The van der Waals surface area contributed by atoms with Gasteiger partial charge in [-0.15, -0.1) is 12.4 Å². The number of hydrogen-bond donors (Lipinski definition) is 2. The first-order chi connectivity index (χ1) is 6.34. The molecule has 0 fully saturated rings. The monoisotopic (exact) mass is 212 g/mol. The molecular formula is C9H13ClN4. The minimum Gasteiger partial charge on any atom is -0.354 e. The molecule has 2 N–H and O–H groups in total. The van der Waals surface area contributed by atoms with E-state index in [1.807, 2.05) is 25.3 Å². The van der Waals surface area contributed by atoms with Gasteiger partial charge in [0.1, 0.15) is 5.82 Å². The average molecular weight is 213 g/mol. The molecule has 0 aliphatic carbocycles. The molecule has 0 atom stereocenters. The van der Waals surface area contributed by atoms with Crippen LogP contribution in [-0.2, 0) is 0 Å². The fourth-order valence-electron chi connectivity index (χ4n) is 1.14. The van der Waals surface area contributed by atoms with Crippen molar-refractivity contribution < 1.29 is 0 Å². The number of pyridine rings is 1. The largest absolute Gasteiger partial charge is 0.354 e. The van der Waals surface area contributed by atoms with Crippen LogP contribution in [0.1, 0.15) is 5.56 Å². The summed E-state index contributed by atoms with van der Waals surface area (Å²) >= 11 is 0. The van der Waals surface area contributed by atoms with E-state index in [0.717, 1.165) is 30.4 Å². The van der Waals surface area contributed by atoms with E-state index in [1.165, 1.54) is 0 Å². The molecule has 76 valence electrons. The quantitative estimate of drug-likeness (QED) is 0.735. The summed E-state index contributed by atoms with van der Waals surface area (Å²) in [6, 6.07) is 3.96. The number of aryl methyl sites for hydroxylation is 1. The van der Waals surface area contributed by atoms with E-state index in [4.69, 9.17) is 0 Å². The number of halogens is 1. The lowest BCUT2D eigenvalue weighted by atomic mass is 10.3. The maximum absolute atomic E-state index is 4.21. The van der Waals surface area contributed by atoms with Gasteiger partial charge in [-0.2, -0.15) is 0 Å². The Morgan fingerprint density at radius 3 is 2.86 bits per heavy atom. The van der Waals surface area contributed by atoms with Crippen molar-refractivity contribution in [1.29, 1.82) is 0 Å². The molecule has 0 radical (unpaired) electrons. The summed E-state index contributed by atoms with van der Waals surface area (Å²) in [4.78, 5) is 8.42. The van der Waals surface area contributed by atoms with Crippen LogP contribution in [-0.4, -0.2) is 24.0 Å². The normalized spacial score (nSPS) is 13.9. The maximum Gasteiger partial charge on any atom is 0.197 e. The molecule has 1 aliphatic rings. The van der Waals surface area contributed by atoms with Crippen LogP contribution in [0.2, 0.25) is 0 Å². The van der Waals surface area contributed by atoms with Crippen LogP contribution in [0.25, 0.3) is 0 Å². The third-order valence-electron chi connectivity index (χ3n) is 1.83. The first kappa shape index (κ1) is 10.8. The van der Waals surface area contributed by atoms with E-state index in [0.29, 0.717) is 0 Å². The Morgan fingerprint density at radius 1 is 1.43 bits per heavy atom. The zero-order valence-corrected chi connectivity index (χ0v) is 8.77. The Hall–Kier alpha value is -1.29. The maximum atomic E-state index is 4.21. The highest BCUT2D eigenvalue weighted by Gasteiger charge is 2.04. The van der Waals surface area contributed by atoms with E-state index in [1.54, 1.807) is 0 Å². The molecule has 0 aromatic carbocycles. The van der Waals surface area contributed by atoms with E-state index in [9.17, 15) is 0 Å². The number of rotatable bonds is 1. The third-order valence-corrected chi connectivity index (χ3v) is 1.83. The summed E-state index contributed by atoms with van der Waals surface area (Å²) in [5.41, 5.74) is 1.16. The van der Waals surface area contributed by atoms with Gasteiger partial charge >= 0.3 is 0 Å². The molecule has 2 heterocycles. The van der Waals surface area contributed by atoms with Crippen molar-refractivity contribution in [2.24, 2.45) is 4.99 Å². The molecule has 1 aliphatic heterocycles. The predicted octanol–water partition coefficient (Wildman–Crippen LogP) is 1.18. The van der Waals surface area contributed by atoms with Gasteiger partial charge in [0.2, 0.25) is 0 Å². The molecule has 0 saturated carbocycles. The van der Waals surface area contributed by atoms with Crippen LogP contribution in [0.4, 0.5) is 5.82 Å². The van der Waals surface area contributed by atoms with Crippen LogP contribution in [0.5, 0.6) is 0 Å². The lowest BCUT2D eigenvalue weighted by molar-refractivity contribution is 0.958. The van der Waals surface area contributed by atoms with Gasteiger partial charge in [-0.05, 0) is 18.6 Å². The van der Waals surface area contributed by atoms with Gasteiger partial charge < -0.3 is 10.6 Å². The Bertz CT molecular complexity index is 320. The predicted molar refractivity (Wildman–Crippen MR) is 60.1 cm³/mol. The molecule has 0 unspecified atom stereocenters. The van der Waals surface area contributed by atoms with Crippen molar-refractivity contribution in [2.75, 3.05) is 18.4 Å². The summed E-state index contributed by atoms with van der Waals surface area (Å²) in [7, 11) is 0. The minimum absolute atomic E-state index is 0.